The van der Waals surface area contributed by atoms with Gasteiger partial charge in [0, 0.05) is 23.4 Å². The van der Waals surface area contributed by atoms with Gasteiger partial charge in [-0.05, 0) is 55.2 Å². The number of benzene rings is 2. The number of hydrogen-bond acceptors (Lipinski definition) is 3. The fourth-order valence-electron chi connectivity index (χ4n) is 2.42. The van der Waals surface area contributed by atoms with E-state index < -0.39 is 0 Å². The van der Waals surface area contributed by atoms with Gasteiger partial charge in [0.2, 0.25) is 0 Å². The molecule has 0 bridgehead atoms. The van der Waals surface area contributed by atoms with Gasteiger partial charge in [0.15, 0.2) is 0 Å². The van der Waals surface area contributed by atoms with E-state index in [1.54, 1.807) is 42.5 Å². The van der Waals surface area contributed by atoms with E-state index in [0.29, 0.717) is 41.6 Å². The Labute approximate surface area is 161 Å². The predicted octanol–water partition coefficient (Wildman–Crippen LogP) is 4.50. The van der Waals surface area contributed by atoms with Crippen LogP contribution in [-0.4, -0.2) is 25.0 Å². The molecule has 0 aliphatic rings. The highest BCUT2D eigenvalue weighted by Gasteiger charge is 2.10. The predicted molar refractivity (Wildman–Crippen MR) is 108 cm³/mol. The number of carbonyl (C=O) groups excluding carboxylic acids is 2. The Balaban J connectivity index is 2.01. The van der Waals surface area contributed by atoms with Crippen molar-refractivity contribution in [3.8, 4) is 5.75 Å². The first-order chi connectivity index (χ1) is 13.0. The summed E-state index contributed by atoms with van der Waals surface area (Å²) in [5, 5.41) is 5.66. The molecule has 0 spiro atoms. The van der Waals surface area contributed by atoms with Crippen molar-refractivity contribution >= 4 is 17.5 Å². The quantitative estimate of drug-likeness (QED) is 0.685. The van der Waals surface area contributed by atoms with Crippen molar-refractivity contribution in [2.45, 2.75) is 33.6 Å². The van der Waals surface area contributed by atoms with Crippen LogP contribution in [0.25, 0.3) is 0 Å². The molecule has 0 saturated heterocycles. The van der Waals surface area contributed by atoms with Crippen molar-refractivity contribution in [3.05, 3.63) is 59.7 Å². The normalized spacial score (nSPS) is 10.5. The van der Waals surface area contributed by atoms with Gasteiger partial charge in [0.05, 0.1) is 6.61 Å². The van der Waals surface area contributed by atoms with Crippen LogP contribution in [0.5, 0.6) is 5.75 Å². The molecule has 144 valence electrons. The van der Waals surface area contributed by atoms with Crippen LogP contribution in [0.2, 0.25) is 0 Å². The minimum atomic E-state index is -0.240. The average Bonchev–Trinajstić information content (AvgIpc) is 2.66. The Bertz CT molecular complexity index is 772. The van der Waals surface area contributed by atoms with Gasteiger partial charge in [0.25, 0.3) is 11.8 Å². The van der Waals surface area contributed by atoms with Crippen LogP contribution < -0.4 is 15.4 Å². The molecule has 0 saturated carbocycles. The highest BCUT2D eigenvalue weighted by atomic mass is 16.5. The summed E-state index contributed by atoms with van der Waals surface area (Å²) in [6.07, 6.45) is 1.83. The van der Waals surface area contributed by atoms with Gasteiger partial charge in [-0.1, -0.05) is 32.9 Å². The van der Waals surface area contributed by atoms with Crippen LogP contribution in [0.1, 0.15) is 54.3 Å². The molecule has 27 heavy (non-hydrogen) atoms. The first-order valence-electron chi connectivity index (χ1n) is 9.42. The van der Waals surface area contributed by atoms with E-state index in [0.717, 1.165) is 12.8 Å². The zero-order valence-corrected chi connectivity index (χ0v) is 16.2. The number of amides is 2. The molecule has 0 aromatic heterocycles. The van der Waals surface area contributed by atoms with E-state index in [1.165, 1.54) is 0 Å². The highest BCUT2D eigenvalue weighted by molar-refractivity contribution is 6.05. The lowest BCUT2D eigenvalue weighted by Crippen LogP contribution is -2.24. The molecule has 2 amide bonds. The van der Waals surface area contributed by atoms with Gasteiger partial charge in [-0.2, -0.15) is 0 Å². The summed E-state index contributed by atoms with van der Waals surface area (Å²) >= 11 is 0. The topological polar surface area (TPSA) is 67.4 Å². The number of nitrogens with one attached hydrogen (secondary N) is 2. The lowest BCUT2D eigenvalue weighted by Gasteiger charge is -2.10. The second-order valence-corrected chi connectivity index (χ2v) is 6.85. The van der Waals surface area contributed by atoms with Crippen molar-refractivity contribution < 1.29 is 14.3 Å². The fourth-order valence-corrected chi connectivity index (χ4v) is 2.42. The molecule has 0 unspecified atom stereocenters. The van der Waals surface area contributed by atoms with E-state index >= 15 is 0 Å². The van der Waals surface area contributed by atoms with Crippen molar-refractivity contribution in [2.75, 3.05) is 18.5 Å². The average molecular weight is 368 g/mol. The van der Waals surface area contributed by atoms with Crippen LogP contribution in [-0.2, 0) is 0 Å². The number of hydrogen-bond donors (Lipinski definition) is 2. The second kappa shape index (κ2) is 10.4. The Morgan fingerprint density at radius 2 is 1.70 bits per heavy atom. The first kappa shape index (κ1) is 20.5. The van der Waals surface area contributed by atoms with E-state index in [9.17, 15) is 9.59 Å². The van der Waals surface area contributed by atoms with Crippen LogP contribution >= 0.6 is 0 Å². The molecule has 5 heteroatoms. The smallest absolute Gasteiger partial charge is 0.255 e. The van der Waals surface area contributed by atoms with Crippen LogP contribution in [0.3, 0.4) is 0 Å². The van der Waals surface area contributed by atoms with Crippen molar-refractivity contribution in [2.24, 2.45) is 5.92 Å². The largest absolute Gasteiger partial charge is 0.494 e. The molecular formula is C22H28N2O3. The zero-order chi connectivity index (χ0) is 19.6. The Hall–Kier alpha value is -2.82. The summed E-state index contributed by atoms with van der Waals surface area (Å²) in [5.41, 5.74) is 1.61. The summed E-state index contributed by atoms with van der Waals surface area (Å²) in [7, 11) is 0. The Kier molecular flexibility index (Phi) is 7.86. The third kappa shape index (κ3) is 6.77. The maximum absolute atomic E-state index is 12.5. The van der Waals surface area contributed by atoms with Crippen molar-refractivity contribution in [3.63, 3.8) is 0 Å². The maximum atomic E-state index is 12.5. The Morgan fingerprint density at radius 1 is 1.00 bits per heavy atom. The summed E-state index contributed by atoms with van der Waals surface area (Å²) < 4.78 is 5.71. The molecule has 2 aromatic rings. The molecule has 0 aliphatic heterocycles. The molecule has 0 aliphatic carbocycles. The maximum Gasteiger partial charge on any atom is 0.255 e. The molecule has 2 aromatic carbocycles. The van der Waals surface area contributed by atoms with E-state index in [4.69, 9.17) is 4.74 Å². The third-order valence-corrected chi connectivity index (χ3v) is 3.98. The highest BCUT2D eigenvalue weighted by Crippen LogP contribution is 2.17. The first-order valence-corrected chi connectivity index (χ1v) is 9.42. The summed E-state index contributed by atoms with van der Waals surface area (Å²) in [6, 6.07) is 14.0. The van der Waals surface area contributed by atoms with Crippen molar-refractivity contribution in [1.29, 1.82) is 0 Å². The monoisotopic (exact) mass is 368 g/mol. The molecule has 2 rings (SSSR count). The minimum Gasteiger partial charge on any atom is -0.494 e. The van der Waals surface area contributed by atoms with Crippen LogP contribution in [0.15, 0.2) is 48.5 Å². The van der Waals surface area contributed by atoms with Gasteiger partial charge in [-0.15, -0.1) is 0 Å². The van der Waals surface area contributed by atoms with Gasteiger partial charge in [-0.25, -0.2) is 0 Å². The summed E-state index contributed by atoms with van der Waals surface area (Å²) in [6.45, 7) is 7.53. The van der Waals surface area contributed by atoms with Crippen LogP contribution in [0.4, 0.5) is 5.69 Å². The fraction of sp³-hybridized carbons (Fsp3) is 0.364. The number of anilines is 1. The summed E-state index contributed by atoms with van der Waals surface area (Å²) in [4.78, 5) is 24.6. The Morgan fingerprint density at radius 3 is 2.41 bits per heavy atom. The minimum absolute atomic E-state index is 0.145. The SMILES string of the molecule is CCCNC(=O)c1cccc(NC(=O)c2cccc(OCCC(C)C)c2)c1. The van der Waals surface area contributed by atoms with Gasteiger partial charge in [0.1, 0.15) is 5.75 Å². The summed E-state index contributed by atoms with van der Waals surface area (Å²) in [5.74, 6) is 0.859. The molecule has 0 heterocycles. The molecule has 0 atom stereocenters. The van der Waals surface area contributed by atoms with Crippen molar-refractivity contribution in [1.82, 2.24) is 5.32 Å². The number of carbonyl (C=O) groups is 2. The lowest BCUT2D eigenvalue weighted by molar-refractivity contribution is 0.0952. The number of ether oxygens (including phenoxy) is 1. The van der Waals surface area contributed by atoms with Crippen LogP contribution in [0, 0.1) is 5.92 Å². The zero-order valence-electron chi connectivity index (χ0n) is 16.2. The molecule has 0 fully saturated rings. The van der Waals surface area contributed by atoms with Gasteiger partial charge < -0.3 is 15.4 Å². The van der Waals surface area contributed by atoms with Gasteiger partial charge in [-0.3, -0.25) is 9.59 Å². The number of rotatable bonds is 9. The second-order valence-electron chi connectivity index (χ2n) is 6.85. The lowest BCUT2D eigenvalue weighted by atomic mass is 10.1. The van der Waals surface area contributed by atoms with Gasteiger partial charge >= 0.3 is 0 Å². The molecular weight excluding hydrogens is 340 g/mol. The third-order valence-electron chi connectivity index (χ3n) is 3.98. The van der Waals surface area contributed by atoms with E-state index in [1.807, 2.05) is 13.0 Å². The standard InChI is InChI=1S/C22H28N2O3/c1-4-12-23-21(25)17-7-5-9-19(14-17)24-22(26)18-8-6-10-20(15-18)27-13-11-16(2)3/h5-10,14-16H,4,11-13H2,1-3H3,(H,23,25)(H,24,26). The molecule has 5 nitrogen and oxygen atoms in total. The molecule has 2 N–H and O–H groups in total. The molecule has 0 radical (unpaired) electrons. The van der Waals surface area contributed by atoms with E-state index in [-0.39, 0.29) is 11.8 Å². The van der Waals surface area contributed by atoms with E-state index in [2.05, 4.69) is 24.5 Å².